The summed E-state index contributed by atoms with van der Waals surface area (Å²) in [5.41, 5.74) is 1.85. The Kier molecular flexibility index (Phi) is 4.36. The molecule has 0 aliphatic rings. The van der Waals surface area contributed by atoms with Crippen molar-refractivity contribution in [1.29, 1.82) is 0 Å². The largest absolute Gasteiger partial charge is 0.350 e. The minimum Gasteiger partial charge on any atom is -0.350 e. The number of fused-ring (bicyclic) bond motifs is 1. The van der Waals surface area contributed by atoms with Gasteiger partial charge in [-0.1, -0.05) is 26.0 Å². The molecule has 3 aromatic rings. The van der Waals surface area contributed by atoms with Gasteiger partial charge in [-0.05, 0) is 18.1 Å². The maximum absolute atomic E-state index is 12.4. The molecule has 2 aromatic heterocycles. The number of hydrogen-bond donors (Lipinski definition) is 1. The van der Waals surface area contributed by atoms with Crippen molar-refractivity contribution >= 4 is 16.9 Å². The first kappa shape index (κ1) is 15.2. The molecule has 3 rings (SSSR count). The molecular weight excluding hydrogens is 292 g/mol. The van der Waals surface area contributed by atoms with E-state index in [1.165, 1.54) is 0 Å². The summed E-state index contributed by atoms with van der Waals surface area (Å²) in [5.74, 6) is 0.239. The van der Waals surface area contributed by atoms with Gasteiger partial charge in [0.2, 0.25) is 5.91 Å². The van der Waals surface area contributed by atoms with Crippen LogP contribution in [0.3, 0.4) is 0 Å². The van der Waals surface area contributed by atoms with Crippen LogP contribution in [0.4, 0.5) is 0 Å². The van der Waals surface area contributed by atoms with Crippen LogP contribution in [0.2, 0.25) is 0 Å². The lowest BCUT2D eigenvalue weighted by atomic mass is 10.0. The Bertz CT molecular complexity index is 777. The molecule has 7 nitrogen and oxygen atoms in total. The van der Waals surface area contributed by atoms with Gasteiger partial charge in [-0.2, -0.15) is 15.0 Å². The average Bonchev–Trinajstić information content (AvgIpc) is 3.17. The fourth-order valence-electron chi connectivity index (χ4n) is 2.48. The number of imidazole rings is 1. The summed E-state index contributed by atoms with van der Waals surface area (Å²) in [7, 11) is 0. The van der Waals surface area contributed by atoms with Crippen molar-refractivity contribution in [1.82, 2.24) is 29.9 Å². The summed E-state index contributed by atoms with van der Waals surface area (Å²) in [6, 6.07) is 7.75. The molecule has 0 fully saturated rings. The number of benzene rings is 1. The molecule has 1 N–H and O–H groups in total. The van der Waals surface area contributed by atoms with Crippen LogP contribution in [-0.4, -0.2) is 36.5 Å². The van der Waals surface area contributed by atoms with Crippen molar-refractivity contribution in [3.8, 4) is 0 Å². The van der Waals surface area contributed by atoms with Gasteiger partial charge in [0.05, 0.1) is 42.3 Å². The molecule has 1 unspecified atom stereocenters. The Morgan fingerprint density at radius 3 is 2.70 bits per heavy atom. The summed E-state index contributed by atoms with van der Waals surface area (Å²) in [6.45, 7) is 4.94. The fourth-order valence-corrected chi connectivity index (χ4v) is 2.48. The third-order valence-corrected chi connectivity index (χ3v) is 3.82. The Morgan fingerprint density at radius 1 is 1.22 bits per heavy atom. The van der Waals surface area contributed by atoms with Gasteiger partial charge in [0.1, 0.15) is 6.54 Å². The second-order valence-corrected chi connectivity index (χ2v) is 5.86. The van der Waals surface area contributed by atoms with Crippen LogP contribution in [0, 0.1) is 5.92 Å². The molecule has 23 heavy (non-hydrogen) atoms. The van der Waals surface area contributed by atoms with Gasteiger partial charge in [-0.3, -0.25) is 4.79 Å². The average molecular weight is 312 g/mol. The molecule has 0 spiro atoms. The lowest BCUT2D eigenvalue weighted by Gasteiger charge is -2.22. The standard InChI is InChI=1S/C16H20N6O/c1-12(2)14(9-22-18-7-8-19-22)20-16(23)10-21-11-17-13-5-3-4-6-15(13)21/h3-8,11-12,14H,9-10H2,1-2H3,(H,20,23). The van der Waals surface area contributed by atoms with E-state index in [-0.39, 0.29) is 24.4 Å². The SMILES string of the molecule is CC(C)C(Cn1nccn1)NC(=O)Cn1cnc2ccccc21. The van der Waals surface area contributed by atoms with Crippen molar-refractivity contribution in [2.75, 3.05) is 0 Å². The zero-order valence-electron chi connectivity index (χ0n) is 13.3. The van der Waals surface area contributed by atoms with Crippen LogP contribution < -0.4 is 5.32 Å². The van der Waals surface area contributed by atoms with E-state index in [4.69, 9.17) is 0 Å². The van der Waals surface area contributed by atoms with Gasteiger partial charge in [0.25, 0.3) is 0 Å². The van der Waals surface area contributed by atoms with E-state index in [2.05, 4.69) is 34.3 Å². The first-order chi connectivity index (χ1) is 11.1. The second kappa shape index (κ2) is 6.60. The molecular formula is C16H20N6O. The van der Waals surface area contributed by atoms with E-state index < -0.39 is 0 Å². The van der Waals surface area contributed by atoms with Gasteiger partial charge in [-0.25, -0.2) is 4.98 Å². The van der Waals surface area contributed by atoms with E-state index in [0.717, 1.165) is 11.0 Å². The summed E-state index contributed by atoms with van der Waals surface area (Å²) >= 11 is 0. The van der Waals surface area contributed by atoms with Crippen LogP contribution in [0.1, 0.15) is 13.8 Å². The summed E-state index contributed by atoms with van der Waals surface area (Å²) in [5, 5.41) is 11.3. The lowest BCUT2D eigenvalue weighted by molar-refractivity contribution is -0.122. The molecule has 0 aliphatic carbocycles. The number of aromatic nitrogens is 5. The van der Waals surface area contributed by atoms with Gasteiger partial charge in [-0.15, -0.1) is 0 Å². The van der Waals surface area contributed by atoms with Crippen LogP contribution in [0.15, 0.2) is 43.0 Å². The molecule has 0 saturated carbocycles. The predicted octanol–water partition coefficient (Wildman–Crippen LogP) is 1.47. The van der Waals surface area contributed by atoms with Crippen LogP contribution >= 0.6 is 0 Å². The van der Waals surface area contributed by atoms with E-state index in [1.807, 2.05) is 28.8 Å². The molecule has 0 aliphatic heterocycles. The van der Waals surface area contributed by atoms with Crippen LogP contribution in [0.25, 0.3) is 11.0 Å². The topological polar surface area (TPSA) is 77.6 Å². The zero-order chi connectivity index (χ0) is 16.2. The van der Waals surface area contributed by atoms with Crippen molar-refractivity contribution in [2.24, 2.45) is 5.92 Å². The number of amides is 1. The van der Waals surface area contributed by atoms with E-state index in [9.17, 15) is 4.79 Å². The Hall–Kier alpha value is -2.70. The molecule has 2 heterocycles. The lowest BCUT2D eigenvalue weighted by Crippen LogP contribution is -2.43. The number of nitrogens with one attached hydrogen (secondary N) is 1. The summed E-state index contributed by atoms with van der Waals surface area (Å²) < 4.78 is 1.86. The summed E-state index contributed by atoms with van der Waals surface area (Å²) in [6.07, 6.45) is 4.97. The molecule has 1 amide bonds. The molecule has 0 bridgehead atoms. The number of carbonyl (C=O) groups excluding carboxylic acids is 1. The zero-order valence-corrected chi connectivity index (χ0v) is 13.3. The molecule has 0 saturated heterocycles. The van der Waals surface area contributed by atoms with Crippen molar-refractivity contribution in [3.05, 3.63) is 43.0 Å². The predicted molar refractivity (Wildman–Crippen MR) is 86.5 cm³/mol. The van der Waals surface area contributed by atoms with Gasteiger partial charge < -0.3 is 9.88 Å². The maximum atomic E-state index is 12.4. The first-order valence-corrected chi connectivity index (χ1v) is 7.67. The van der Waals surface area contributed by atoms with E-state index in [0.29, 0.717) is 6.54 Å². The van der Waals surface area contributed by atoms with E-state index in [1.54, 1.807) is 23.5 Å². The molecule has 120 valence electrons. The third kappa shape index (κ3) is 3.56. The second-order valence-electron chi connectivity index (χ2n) is 5.86. The molecule has 1 atom stereocenters. The monoisotopic (exact) mass is 312 g/mol. The van der Waals surface area contributed by atoms with Gasteiger partial charge in [0.15, 0.2) is 0 Å². The highest BCUT2D eigenvalue weighted by atomic mass is 16.2. The van der Waals surface area contributed by atoms with Crippen LogP contribution in [-0.2, 0) is 17.9 Å². The number of nitrogens with zero attached hydrogens (tertiary/aromatic N) is 5. The maximum Gasteiger partial charge on any atom is 0.240 e. The number of carbonyl (C=O) groups is 1. The molecule has 7 heteroatoms. The van der Waals surface area contributed by atoms with Gasteiger partial charge >= 0.3 is 0 Å². The van der Waals surface area contributed by atoms with Gasteiger partial charge in [0, 0.05) is 0 Å². The highest BCUT2D eigenvalue weighted by Gasteiger charge is 2.18. The number of hydrogen-bond acceptors (Lipinski definition) is 4. The third-order valence-electron chi connectivity index (χ3n) is 3.82. The highest BCUT2D eigenvalue weighted by Crippen LogP contribution is 2.11. The molecule has 1 aromatic carbocycles. The van der Waals surface area contributed by atoms with Crippen LogP contribution in [0.5, 0.6) is 0 Å². The minimum atomic E-state index is -0.0426. The fraction of sp³-hybridized carbons (Fsp3) is 0.375. The smallest absolute Gasteiger partial charge is 0.240 e. The molecule has 0 radical (unpaired) electrons. The van der Waals surface area contributed by atoms with Crippen molar-refractivity contribution < 1.29 is 4.79 Å². The van der Waals surface area contributed by atoms with E-state index >= 15 is 0 Å². The Labute approximate surface area is 134 Å². The Morgan fingerprint density at radius 2 is 1.96 bits per heavy atom. The highest BCUT2D eigenvalue weighted by molar-refractivity contribution is 5.80. The number of rotatable bonds is 6. The first-order valence-electron chi connectivity index (χ1n) is 7.67. The van der Waals surface area contributed by atoms with Crippen molar-refractivity contribution in [3.63, 3.8) is 0 Å². The quantitative estimate of drug-likeness (QED) is 0.747. The number of para-hydroxylation sites is 2. The minimum absolute atomic E-state index is 0.0234. The van der Waals surface area contributed by atoms with Crippen molar-refractivity contribution in [2.45, 2.75) is 33.0 Å². The normalized spacial score (nSPS) is 12.7. The summed E-state index contributed by atoms with van der Waals surface area (Å²) in [4.78, 5) is 18.3. The Balaban J connectivity index is 1.67.